The van der Waals surface area contributed by atoms with Gasteiger partial charge in [0.25, 0.3) is 0 Å². The number of fused-ring (bicyclic) bond motifs is 18. The Balaban J connectivity index is 1.15. The molecule has 0 unspecified atom stereocenters. The quantitative estimate of drug-likeness (QED) is 0.176. The standard InChI is InChI=1S/C53H34N2O2S/c1-2-49-54-46-26-14-28-48-51(46)55(49)50-33(18-13-27-47(50)58(48,56)57)32-29-30-37-36-17-5-8-21-40(36)53(45(37)31-32)43-24-11-9-22-41(43)52(42-23-10-12-25-44(42)53)38-19-6-3-15-34(38)35-16-4-7-20-39(35)52/h3-31H,2H2,1H3. The first kappa shape index (κ1) is 32.3. The van der Waals surface area contributed by atoms with Crippen LogP contribution in [0.1, 0.15) is 57.3 Å². The first-order valence-corrected chi connectivity index (χ1v) is 21.5. The Labute approximate surface area is 336 Å². The Hall–Kier alpha value is -6.82. The van der Waals surface area contributed by atoms with Crippen molar-refractivity contribution >= 4 is 20.9 Å². The third-order valence-electron chi connectivity index (χ3n) is 13.6. The van der Waals surface area contributed by atoms with E-state index in [0.717, 1.165) is 17.0 Å². The normalized spacial score (nSPS) is 15.9. The minimum absolute atomic E-state index is 0.310. The molecular formula is C53H34N2O2S. The molecule has 2 heterocycles. The molecule has 4 aliphatic rings. The summed E-state index contributed by atoms with van der Waals surface area (Å²) in [7, 11) is -3.82. The molecule has 0 saturated carbocycles. The molecule has 0 saturated heterocycles. The van der Waals surface area contributed by atoms with E-state index in [-0.39, 0.29) is 0 Å². The van der Waals surface area contributed by atoms with Crippen molar-refractivity contribution in [3.05, 3.63) is 226 Å². The van der Waals surface area contributed by atoms with Crippen LogP contribution in [-0.4, -0.2) is 18.0 Å². The molecule has 5 heteroatoms. The van der Waals surface area contributed by atoms with Gasteiger partial charge in [0.2, 0.25) is 9.84 Å². The van der Waals surface area contributed by atoms with Gasteiger partial charge in [-0.1, -0.05) is 159 Å². The lowest BCUT2D eigenvalue weighted by Gasteiger charge is -2.48. The third-order valence-corrected chi connectivity index (χ3v) is 15.4. The first-order chi connectivity index (χ1) is 28.5. The van der Waals surface area contributed by atoms with E-state index in [1.54, 1.807) is 18.2 Å². The monoisotopic (exact) mass is 762 g/mol. The zero-order valence-electron chi connectivity index (χ0n) is 31.6. The summed E-state index contributed by atoms with van der Waals surface area (Å²) in [4.78, 5) is 5.59. The molecule has 58 heavy (non-hydrogen) atoms. The predicted octanol–water partition coefficient (Wildman–Crippen LogP) is 11.4. The number of benzene rings is 8. The number of hydrogen-bond acceptors (Lipinski definition) is 3. The lowest BCUT2D eigenvalue weighted by molar-refractivity contribution is 0.594. The highest BCUT2D eigenvalue weighted by atomic mass is 32.2. The smallest absolute Gasteiger partial charge is 0.210 e. The molecule has 8 aromatic carbocycles. The maximum atomic E-state index is 14.5. The second-order valence-electron chi connectivity index (χ2n) is 16.0. The van der Waals surface area contributed by atoms with Crippen LogP contribution in [0.25, 0.3) is 50.1 Å². The molecule has 0 amide bonds. The second kappa shape index (κ2) is 11.0. The Bertz CT molecular complexity index is 3330. The molecule has 3 aliphatic carbocycles. The molecule has 0 N–H and O–H groups in total. The highest BCUT2D eigenvalue weighted by molar-refractivity contribution is 7.92. The molecular weight excluding hydrogens is 729 g/mol. The van der Waals surface area contributed by atoms with E-state index in [1.807, 2.05) is 12.1 Å². The lowest BCUT2D eigenvalue weighted by atomic mass is 9.52. The van der Waals surface area contributed by atoms with E-state index >= 15 is 0 Å². The molecule has 4 nitrogen and oxygen atoms in total. The van der Waals surface area contributed by atoms with Crippen molar-refractivity contribution in [2.75, 3.05) is 0 Å². The van der Waals surface area contributed by atoms with Gasteiger partial charge in [0.05, 0.1) is 37.3 Å². The summed E-state index contributed by atoms with van der Waals surface area (Å²) < 4.78 is 31.1. The van der Waals surface area contributed by atoms with Crippen LogP contribution in [0.2, 0.25) is 0 Å². The Morgan fingerprint density at radius 2 is 0.914 bits per heavy atom. The van der Waals surface area contributed by atoms with Gasteiger partial charge in [-0.2, -0.15) is 0 Å². The van der Waals surface area contributed by atoms with Gasteiger partial charge in [-0.25, -0.2) is 13.4 Å². The summed E-state index contributed by atoms with van der Waals surface area (Å²) in [6.07, 6.45) is 0.659. The fourth-order valence-electron chi connectivity index (χ4n) is 11.6. The molecule has 2 spiro atoms. The summed E-state index contributed by atoms with van der Waals surface area (Å²) in [5, 5.41) is 0. The van der Waals surface area contributed by atoms with Crippen molar-refractivity contribution in [1.29, 1.82) is 0 Å². The summed E-state index contributed by atoms with van der Waals surface area (Å²) in [6.45, 7) is 2.08. The maximum Gasteiger partial charge on any atom is 0.210 e. The van der Waals surface area contributed by atoms with Crippen LogP contribution in [0.3, 0.4) is 0 Å². The number of imidazole rings is 1. The average Bonchev–Trinajstić information content (AvgIpc) is 3.90. The molecule has 274 valence electrons. The van der Waals surface area contributed by atoms with Gasteiger partial charge >= 0.3 is 0 Å². The predicted molar refractivity (Wildman–Crippen MR) is 230 cm³/mol. The van der Waals surface area contributed by atoms with Crippen molar-refractivity contribution in [2.45, 2.75) is 34.0 Å². The van der Waals surface area contributed by atoms with Gasteiger partial charge in [0, 0.05) is 12.0 Å². The summed E-state index contributed by atoms with van der Waals surface area (Å²) in [5.41, 5.74) is 17.8. The number of para-hydroxylation sites is 2. The highest BCUT2D eigenvalue weighted by Crippen LogP contribution is 2.67. The van der Waals surface area contributed by atoms with Gasteiger partial charge < -0.3 is 0 Å². The zero-order valence-corrected chi connectivity index (χ0v) is 32.4. The van der Waals surface area contributed by atoms with Crippen LogP contribution in [0.15, 0.2) is 186 Å². The molecule has 9 aromatic rings. The van der Waals surface area contributed by atoms with Crippen LogP contribution >= 0.6 is 0 Å². The van der Waals surface area contributed by atoms with Gasteiger partial charge in [-0.05, 0) is 96.6 Å². The van der Waals surface area contributed by atoms with Crippen molar-refractivity contribution in [3.8, 4) is 39.1 Å². The molecule has 0 bridgehead atoms. The Morgan fingerprint density at radius 1 is 0.466 bits per heavy atom. The van der Waals surface area contributed by atoms with Gasteiger partial charge in [0.15, 0.2) is 0 Å². The molecule has 13 rings (SSSR count). The maximum absolute atomic E-state index is 14.5. The third kappa shape index (κ3) is 3.56. The molecule has 0 atom stereocenters. The largest absolute Gasteiger partial charge is 0.293 e. The fraction of sp³-hybridized carbons (Fsp3) is 0.0755. The zero-order chi connectivity index (χ0) is 38.5. The van der Waals surface area contributed by atoms with E-state index in [4.69, 9.17) is 4.98 Å². The van der Waals surface area contributed by atoms with Crippen molar-refractivity contribution < 1.29 is 8.42 Å². The van der Waals surface area contributed by atoms with Crippen LogP contribution in [0.4, 0.5) is 0 Å². The topological polar surface area (TPSA) is 52.0 Å². The number of rotatable bonds is 2. The van der Waals surface area contributed by atoms with Crippen molar-refractivity contribution in [3.63, 3.8) is 0 Å². The van der Waals surface area contributed by atoms with Crippen LogP contribution < -0.4 is 0 Å². The number of hydrogen-bond donors (Lipinski definition) is 0. The first-order valence-electron chi connectivity index (χ1n) is 20.0. The number of nitrogens with zero attached hydrogens (tertiary/aromatic N) is 2. The molecule has 0 fully saturated rings. The number of sulfone groups is 1. The van der Waals surface area contributed by atoms with E-state index < -0.39 is 20.7 Å². The fourth-order valence-corrected chi connectivity index (χ4v) is 13.2. The SMILES string of the molecule is CCc1nc2cccc3c2n1-c1c(-c2ccc4c(c2)C2(c5ccccc5-4)c4ccccc4C4(c5ccccc5-c5ccccc54)c4ccccc42)cccc1S3(=O)=O. The Morgan fingerprint density at radius 3 is 1.47 bits per heavy atom. The van der Waals surface area contributed by atoms with Crippen LogP contribution in [0.5, 0.6) is 0 Å². The number of aromatic nitrogens is 2. The van der Waals surface area contributed by atoms with Crippen LogP contribution in [-0.2, 0) is 27.1 Å². The summed E-state index contributed by atoms with van der Waals surface area (Å²) in [5.74, 6) is 0.841. The van der Waals surface area contributed by atoms with Gasteiger partial charge in [-0.15, -0.1) is 0 Å². The van der Waals surface area contributed by atoms with E-state index in [1.165, 1.54) is 66.8 Å². The van der Waals surface area contributed by atoms with Crippen molar-refractivity contribution in [2.24, 2.45) is 0 Å². The molecule has 1 aromatic heterocycles. The Kier molecular flexibility index (Phi) is 6.11. The van der Waals surface area contributed by atoms with E-state index in [0.29, 0.717) is 32.9 Å². The molecule has 1 aliphatic heterocycles. The second-order valence-corrected chi connectivity index (χ2v) is 17.9. The summed E-state index contributed by atoms with van der Waals surface area (Å²) in [6, 6.07) is 63.0. The minimum atomic E-state index is -3.82. The minimum Gasteiger partial charge on any atom is -0.293 e. The van der Waals surface area contributed by atoms with E-state index in [2.05, 4.69) is 157 Å². The summed E-state index contributed by atoms with van der Waals surface area (Å²) >= 11 is 0. The molecule has 0 radical (unpaired) electrons. The van der Waals surface area contributed by atoms with Crippen LogP contribution in [0, 0.1) is 0 Å². The van der Waals surface area contributed by atoms with Gasteiger partial charge in [0.1, 0.15) is 5.82 Å². The van der Waals surface area contributed by atoms with Crippen molar-refractivity contribution in [1.82, 2.24) is 9.55 Å². The van der Waals surface area contributed by atoms with E-state index in [9.17, 15) is 8.42 Å². The lowest BCUT2D eigenvalue weighted by Crippen LogP contribution is -2.43. The highest BCUT2D eigenvalue weighted by Gasteiger charge is 2.58. The average molecular weight is 763 g/mol. The van der Waals surface area contributed by atoms with Gasteiger partial charge in [-0.3, -0.25) is 4.57 Å². The number of aryl methyl sites for hydroxylation is 1.